The van der Waals surface area contributed by atoms with Crippen molar-refractivity contribution in [3.8, 4) is 0 Å². The molecule has 0 aliphatic heterocycles. The van der Waals surface area contributed by atoms with E-state index in [2.05, 4.69) is 9.46 Å². The highest BCUT2D eigenvalue weighted by molar-refractivity contribution is 8.81. The fourth-order valence-electron chi connectivity index (χ4n) is 0.156. The first-order valence-corrected chi connectivity index (χ1v) is 4.60. The maximum atomic E-state index is 10.4. The topological polar surface area (TPSA) is 38.3 Å². The van der Waals surface area contributed by atoms with E-state index in [4.69, 9.17) is 0 Å². The van der Waals surface area contributed by atoms with Gasteiger partial charge in [-0.3, -0.25) is 4.72 Å². The first-order valence-electron chi connectivity index (χ1n) is 2.45. The number of nitrogens with one attached hydrogen (secondary N) is 1. The van der Waals surface area contributed by atoms with Crippen molar-refractivity contribution in [3.63, 3.8) is 0 Å². The van der Waals surface area contributed by atoms with E-state index in [9.17, 15) is 4.79 Å². The van der Waals surface area contributed by atoms with E-state index in [1.807, 2.05) is 6.92 Å². The van der Waals surface area contributed by atoms with E-state index in [0.29, 0.717) is 0 Å². The highest BCUT2D eigenvalue weighted by atomic mass is 33.1. The lowest BCUT2D eigenvalue weighted by atomic mass is 10.8. The van der Waals surface area contributed by atoms with E-state index in [0.717, 1.165) is 17.3 Å². The largest absolute Gasteiger partial charge is 0.460 e. The van der Waals surface area contributed by atoms with Crippen LogP contribution in [-0.4, -0.2) is 19.0 Å². The highest BCUT2D eigenvalue weighted by Gasteiger charge is 1.98. The number of rotatable bonds is 3. The summed E-state index contributed by atoms with van der Waals surface area (Å²) in [6.07, 6.45) is 0. The van der Waals surface area contributed by atoms with Crippen molar-refractivity contribution in [2.24, 2.45) is 0 Å². The Bertz CT molecular complexity index is 88.6. The number of carbonyl (C=O) groups excluding carboxylic acids is 1. The SMILES string of the molecule is CCNSSC(=O)OC. The number of ether oxygens (including phenoxy) is 1. The molecule has 3 nitrogen and oxygen atoms in total. The monoisotopic (exact) mass is 167 g/mol. The molecular weight excluding hydrogens is 158 g/mol. The Labute approximate surface area is 62.4 Å². The Morgan fingerprint density at radius 1 is 1.78 bits per heavy atom. The summed E-state index contributed by atoms with van der Waals surface area (Å²) in [5.74, 6) is 0. The van der Waals surface area contributed by atoms with Crippen LogP contribution in [0.1, 0.15) is 6.92 Å². The van der Waals surface area contributed by atoms with Gasteiger partial charge in [0.15, 0.2) is 0 Å². The van der Waals surface area contributed by atoms with Crippen LogP contribution in [0.4, 0.5) is 4.79 Å². The molecule has 0 aromatic carbocycles. The lowest BCUT2D eigenvalue weighted by Gasteiger charge is -1.95. The molecule has 0 unspecified atom stereocenters. The Morgan fingerprint density at radius 3 is 2.89 bits per heavy atom. The maximum absolute atomic E-state index is 10.4. The molecule has 0 rings (SSSR count). The van der Waals surface area contributed by atoms with Crippen LogP contribution in [0.5, 0.6) is 0 Å². The molecule has 0 spiro atoms. The summed E-state index contributed by atoms with van der Waals surface area (Å²) in [6.45, 7) is 2.81. The molecule has 0 saturated carbocycles. The molecule has 0 radical (unpaired) electrons. The number of hydrogen-bond donors (Lipinski definition) is 1. The van der Waals surface area contributed by atoms with Crippen LogP contribution in [0.2, 0.25) is 0 Å². The van der Waals surface area contributed by atoms with Crippen LogP contribution in [0.25, 0.3) is 0 Å². The molecule has 0 saturated heterocycles. The average Bonchev–Trinajstić information content (AvgIpc) is 1.89. The van der Waals surface area contributed by atoms with Crippen LogP contribution in [0.15, 0.2) is 0 Å². The van der Waals surface area contributed by atoms with Crippen LogP contribution in [-0.2, 0) is 4.74 Å². The van der Waals surface area contributed by atoms with Gasteiger partial charge in [-0.05, 0) is 0 Å². The summed E-state index contributed by atoms with van der Waals surface area (Å²) >= 11 is 0. The normalized spacial score (nSPS) is 9.11. The van der Waals surface area contributed by atoms with Gasteiger partial charge in [-0.1, -0.05) is 6.92 Å². The Morgan fingerprint density at radius 2 is 2.44 bits per heavy atom. The van der Waals surface area contributed by atoms with E-state index in [1.54, 1.807) is 0 Å². The summed E-state index contributed by atoms with van der Waals surface area (Å²) in [5, 5.41) is -0.277. The van der Waals surface area contributed by atoms with Crippen LogP contribution in [0, 0.1) is 0 Å². The van der Waals surface area contributed by atoms with Gasteiger partial charge in [-0.2, -0.15) is 0 Å². The molecule has 0 aromatic heterocycles. The van der Waals surface area contributed by atoms with Crippen molar-refractivity contribution in [1.29, 1.82) is 0 Å². The van der Waals surface area contributed by atoms with Gasteiger partial charge in [0.05, 0.1) is 7.11 Å². The molecule has 0 heterocycles. The Hall–Kier alpha value is 0.130. The molecule has 0 aromatic rings. The predicted octanol–water partition coefficient (Wildman–Crippen LogP) is 1.66. The fraction of sp³-hybridized carbons (Fsp3) is 0.750. The van der Waals surface area contributed by atoms with E-state index in [1.165, 1.54) is 18.1 Å². The molecule has 0 aliphatic carbocycles. The lowest BCUT2D eigenvalue weighted by Crippen LogP contribution is -1.99. The smallest absolute Gasteiger partial charge is 0.379 e. The molecule has 9 heavy (non-hydrogen) atoms. The first kappa shape index (κ1) is 9.13. The fourth-order valence-corrected chi connectivity index (χ4v) is 1.41. The van der Waals surface area contributed by atoms with E-state index in [-0.39, 0.29) is 5.30 Å². The minimum atomic E-state index is -0.277. The van der Waals surface area contributed by atoms with Crippen LogP contribution >= 0.6 is 21.8 Å². The zero-order valence-corrected chi connectivity index (χ0v) is 6.97. The predicted molar refractivity (Wildman–Crippen MR) is 41.3 cm³/mol. The molecular formula is C4H9NO2S2. The molecule has 0 aliphatic rings. The summed E-state index contributed by atoms with van der Waals surface area (Å²) in [5.41, 5.74) is 0. The summed E-state index contributed by atoms with van der Waals surface area (Å²) in [7, 11) is 3.69. The highest BCUT2D eigenvalue weighted by Crippen LogP contribution is 2.18. The van der Waals surface area contributed by atoms with Crippen LogP contribution in [0.3, 0.4) is 0 Å². The molecule has 5 heteroatoms. The molecule has 0 bridgehead atoms. The third kappa shape index (κ3) is 6.01. The molecule has 54 valence electrons. The minimum absolute atomic E-state index is 0.277. The van der Waals surface area contributed by atoms with Gasteiger partial charge in [0, 0.05) is 28.3 Å². The zero-order chi connectivity index (χ0) is 7.11. The van der Waals surface area contributed by atoms with Crippen molar-refractivity contribution < 1.29 is 9.53 Å². The van der Waals surface area contributed by atoms with Crippen molar-refractivity contribution in [2.75, 3.05) is 13.7 Å². The number of methoxy groups -OCH3 is 1. The second-order valence-electron chi connectivity index (χ2n) is 1.12. The van der Waals surface area contributed by atoms with Gasteiger partial charge in [-0.25, -0.2) is 4.79 Å². The van der Waals surface area contributed by atoms with E-state index >= 15 is 0 Å². The van der Waals surface area contributed by atoms with Crippen molar-refractivity contribution in [1.82, 2.24) is 4.72 Å². The number of hydrogen-bond acceptors (Lipinski definition) is 5. The van der Waals surface area contributed by atoms with Crippen molar-refractivity contribution in [2.45, 2.75) is 6.92 Å². The average molecular weight is 167 g/mol. The Kier molecular flexibility index (Phi) is 6.34. The Balaban J connectivity index is 2.97. The lowest BCUT2D eigenvalue weighted by molar-refractivity contribution is 0.200. The summed E-state index contributed by atoms with van der Waals surface area (Å²) < 4.78 is 7.25. The van der Waals surface area contributed by atoms with Gasteiger partial charge in [0.1, 0.15) is 0 Å². The summed E-state index contributed by atoms with van der Waals surface area (Å²) in [4.78, 5) is 10.4. The van der Waals surface area contributed by atoms with Gasteiger partial charge >= 0.3 is 5.30 Å². The quantitative estimate of drug-likeness (QED) is 0.299. The van der Waals surface area contributed by atoms with E-state index < -0.39 is 0 Å². The minimum Gasteiger partial charge on any atom is -0.460 e. The molecule has 0 amide bonds. The molecule has 1 N–H and O–H groups in total. The second-order valence-corrected chi connectivity index (χ2v) is 3.07. The first-order chi connectivity index (χ1) is 4.31. The van der Waals surface area contributed by atoms with Crippen molar-refractivity contribution in [3.05, 3.63) is 0 Å². The molecule has 0 atom stereocenters. The van der Waals surface area contributed by atoms with Gasteiger partial charge in [-0.15, -0.1) is 0 Å². The van der Waals surface area contributed by atoms with Gasteiger partial charge < -0.3 is 4.74 Å². The molecule has 0 fully saturated rings. The third-order valence-electron chi connectivity index (χ3n) is 0.480. The zero-order valence-electron chi connectivity index (χ0n) is 5.34. The van der Waals surface area contributed by atoms with Gasteiger partial charge in [0.25, 0.3) is 0 Å². The van der Waals surface area contributed by atoms with Crippen molar-refractivity contribution >= 4 is 27.1 Å². The van der Waals surface area contributed by atoms with Gasteiger partial charge in [0.2, 0.25) is 0 Å². The standard InChI is InChI=1S/C4H9NO2S2/c1-3-5-9-8-4(6)7-2/h5H,3H2,1-2H3. The maximum Gasteiger partial charge on any atom is 0.379 e. The summed E-state index contributed by atoms with van der Waals surface area (Å²) in [6, 6.07) is 0. The second kappa shape index (κ2) is 6.25. The third-order valence-corrected chi connectivity index (χ3v) is 2.28. The number of carbonyl (C=O) groups is 1. The van der Waals surface area contributed by atoms with Crippen LogP contribution < -0.4 is 4.72 Å².